The minimum absolute atomic E-state index is 0.367. The van der Waals surface area contributed by atoms with Crippen LogP contribution in [0.25, 0.3) is 0 Å². The number of thioether (sulfide) groups is 1. The Hall–Kier alpha value is -0.700. The van der Waals surface area contributed by atoms with Gasteiger partial charge in [0.15, 0.2) is 5.17 Å². The average molecular weight is 180 g/mol. The van der Waals surface area contributed by atoms with Crippen molar-refractivity contribution in [1.29, 1.82) is 5.41 Å². The molecule has 64 valence electrons. The molecule has 2 nitrogen and oxygen atoms in total. The Bertz CT molecular complexity index is 291. The van der Waals surface area contributed by atoms with Crippen molar-refractivity contribution in [3.8, 4) is 0 Å². The van der Waals surface area contributed by atoms with Crippen LogP contribution in [0.1, 0.15) is 13.8 Å². The van der Waals surface area contributed by atoms with Crippen LogP contribution < -0.4 is 5.32 Å². The molecule has 0 saturated carbocycles. The average Bonchev–Trinajstić information content (AvgIpc) is 2.29. The van der Waals surface area contributed by atoms with Crippen LogP contribution in [0.4, 0.5) is 0 Å². The molecule has 2 atom stereocenters. The van der Waals surface area contributed by atoms with Gasteiger partial charge in [-0.3, -0.25) is 5.41 Å². The second kappa shape index (κ2) is 2.66. The first-order chi connectivity index (χ1) is 5.66. The van der Waals surface area contributed by atoms with Crippen LogP contribution in [0.3, 0.4) is 0 Å². The maximum atomic E-state index is 7.49. The number of amidine groups is 1. The van der Waals surface area contributed by atoms with E-state index in [1.54, 1.807) is 11.8 Å². The minimum atomic E-state index is 0.367. The summed E-state index contributed by atoms with van der Waals surface area (Å²) >= 11 is 1.55. The van der Waals surface area contributed by atoms with Crippen molar-refractivity contribution >= 4 is 16.9 Å². The van der Waals surface area contributed by atoms with Crippen LogP contribution in [0, 0.1) is 11.3 Å². The van der Waals surface area contributed by atoms with Crippen LogP contribution in [0.5, 0.6) is 0 Å². The lowest BCUT2D eigenvalue weighted by atomic mass is 9.94. The molecule has 1 saturated heterocycles. The van der Waals surface area contributed by atoms with E-state index in [9.17, 15) is 0 Å². The van der Waals surface area contributed by atoms with Crippen molar-refractivity contribution in [3.05, 3.63) is 22.6 Å². The van der Waals surface area contributed by atoms with Crippen molar-refractivity contribution in [1.82, 2.24) is 5.32 Å². The maximum absolute atomic E-state index is 7.49. The summed E-state index contributed by atoms with van der Waals surface area (Å²) in [6.07, 6.45) is 4.42. The molecule has 2 aliphatic rings. The van der Waals surface area contributed by atoms with Crippen LogP contribution in [-0.2, 0) is 0 Å². The van der Waals surface area contributed by atoms with E-state index < -0.39 is 0 Å². The third kappa shape index (κ3) is 1.18. The van der Waals surface area contributed by atoms with Crippen molar-refractivity contribution in [2.24, 2.45) is 5.92 Å². The number of nitrogens with one attached hydrogen (secondary N) is 2. The SMILES string of the molecule is CC1=CC(C)C2NC(=N)SC2=C1. The van der Waals surface area contributed by atoms with Gasteiger partial charge in [0.1, 0.15) is 0 Å². The Morgan fingerprint density at radius 3 is 3.08 bits per heavy atom. The predicted molar refractivity (Wildman–Crippen MR) is 53.2 cm³/mol. The first kappa shape index (κ1) is 7.92. The van der Waals surface area contributed by atoms with E-state index in [1.165, 1.54) is 10.5 Å². The molecule has 0 spiro atoms. The third-order valence-electron chi connectivity index (χ3n) is 2.23. The molecule has 0 bridgehead atoms. The predicted octanol–water partition coefficient (Wildman–Crippen LogP) is 2.11. The van der Waals surface area contributed by atoms with Crippen molar-refractivity contribution in [2.45, 2.75) is 19.9 Å². The molecule has 0 aromatic rings. The minimum Gasteiger partial charge on any atom is -0.357 e. The zero-order valence-corrected chi connectivity index (χ0v) is 8.03. The van der Waals surface area contributed by atoms with E-state index in [-0.39, 0.29) is 0 Å². The lowest BCUT2D eigenvalue weighted by molar-refractivity contribution is 0.572. The third-order valence-corrected chi connectivity index (χ3v) is 3.16. The van der Waals surface area contributed by atoms with Crippen molar-refractivity contribution in [2.75, 3.05) is 0 Å². The first-order valence-corrected chi connectivity index (χ1v) is 4.91. The van der Waals surface area contributed by atoms with Gasteiger partial charge in [0.25, 0.3) is 0 Å². The molecule has 1 aliphatic heterocycles. The molecular formula is C9H12N2S. The molecule has 2 rings (SSSR count). The van der Waals surface area contributed by atoms with Gasteiger partial charge in [-0.1, -0.05) is 30.3 Å². The fourth-order valence-electron chi connectivity index (χ4n) is 1.72. The van der Waals surface area contributed by atoms with E-state index >= 15 is 0 Å². The van der Waals surface area contributed by atoms with Crippen LogP contribution in [-0.4, -0.2) is 11.2 Å². The molecule has 0 radical (unpaired) electrons. The second-order valence-electron chi connectivity index (χ2n) is 3.37. The van der Waals surface area contributed by atoms with Crippen LogP contribution >= 0.6 is 11.8 Å². The van der Waals surface area contributed by atoms with E-state index in [0.29, 0.717) is 17.1 Å². The first-order valence-electron chi connectivity index (χ1n) is 4.10. The Balaban J connectivity index is 2.32. The number of allylic oxidation sites excluding steroid dienone is 2. The highest BCUT2D eigenvalue weighted by Gasteiger charge is 2.30. The summed E-state index contributed by atoms with van der Waals surface area (Å²) < 4.78 is 0. The van der Waals surface area contributed by atoms with Crippen LogP contribution in [0.2, 0.25) is 0 Å². The lowest BCUT2D eigenvalue weighted by Crippen LogP contribution is -2.32. The number of hydrogen-bond acceptors (Lipinski definition) is 2. The molecule has 0 amide bonds. The largest absolute Gasteiger partial charge is 0.357 e. The summed E-state index contributed by atoms with van der Waals surface area (Å²) in [6, 6.07) is 0.367. The Morgan fingerprint density at radius 2 is 2.33 bits per heavy atom. The summed E-state index contributed by atoms with van der Waals surface area (Å²) in [5.41, 5.74) is 1.32. The van der Waals surface area contributed by atoms with E-state index in [0.717, 1.165) is 0 Å². The maximum Gasteiger partial charge on any atom is 0.158 e. The standard InChI is InChI=1S/C9H12N2S/c1-5-3-6(2)8-7(4-5)12-9(10)11-8/h3-4,6,8H,1-2H3,(H2,10,11). The van der Waals surface area contributed by atoms with Gasteiger partial charge >= 0.3 is 0 Å². The van der Waals surface area contributed by atoms with Gasteiger partial charge in [0.05, 0.1) is 6.04 Å². The number of fused-ring (bicyclic) bond motifs is 1. The van der Waals surface area contributed by atoms with Crippen molar-refractivity contribution in [3.63, 3.8) is 0 Å². The Kier molecular flexibility index (Phi) is 1.76. The second-order valence-corrected chi connectivity index (χ2v) is 4.45. The highest BCUT2D eigenvalue weighted by Crippen LogP contribution is 2.35. The monoisotopic (exact) mass is 180 g/mol. The van der Waals surface area contributed by atoms with Gasteiger partial charge < -0.3 is 5.32 Å². The number of rotatable bonds is 0. The summed E-state index contributed by atoms with van der Waals surface area (Å²) in [5.74, 6) is 0.514. The number of hydrogen-bond donors (Lipinski definition) is 2. The zero-order valence-electron chi connectivity index (χ0n) is 7.22. The topological polar surface area (TPSA) is 35.9 Å². The fraction of sp³-hybridized carbons (Fsp3) is 0.444. The van der Waals surface area contributed by atoms with E-state index in [4.69, 9.17) is 5.41 Å². The van der Waals surface area contributed by atoms with E-state index in [1.807, 2.05) is 0 Å². The lowest BCUT2D eigenvalue weighted by Gasteiger charge is -2.21. The Labute approximate surface area is 76.6 Å². The quantitative estimate of drug-likeness (QED) is 0.599. The molecule has 1 fully saturated rings. The summed E-state index contributed by atoms with van der Waals surface area (Å²) in [6.45, 7) is 4.30. The highest BCUT2D eigenvalue weighted by atomic mass is 32.2. The van der Waals surface area contributed by atoms with Crippen LogP contribution in [0.15, 0.2) is 22.6 Å². The molecular weight excluding hydrogens is 168 g/mol. The fourth-order valence-corrected chi connectivity index (χ4v) is 2.78. The summed E-state index contributed by atoms with van der Waals surface area (Å²) in [7, 11) is 0. The summed E-state index contributed by atoms with van der Waals surface area (Å²) in [5, 5.41) is 11.2. The normalized spacial score (nSPS) is 33.7. The molecule has 0 aromatic carbocycles. The Morgan fingerprint density at radius 1 is 1.58 bits per heavy atom. The van der Waals surface area contributed by atoms with E-state index in [2.05, 4.69) is 31.3 Å². The molecule has 1 heterocycles. The molecule has 0 aromatic heterocycles. The molecule has 3 heteroatoms. The molecule has 12 heavy (non-hydrogen) atoms. The molecule has 2 unspecified atom stereocenters. The van der Waals surface area contributed by atoms with Gasteiger partial charge in [-0.25, -0.2) is 0 Å². The molecule has 2 N–H and O–H groups in total. The zero-order chi connectivity index (χ0) is 8.72. The van der Waals surface area contributed by atoms with Gasteiger partial charge in [-0.2, -0.15) is 0 Å². The smallest absolute Gasteiger partial charge is 0.158 e. The van der Waals surface area contributed by atoms with Gasteiger partial charge in [-0.15, -0.1) is 0 Å². The summed E-state index contributed by atoms with van der Waals surface area (Å²) in [4.78, 5) is 1.30. The van der Waals surface area contributed by atoms with Gasteiger partial charge in [0, 0.05) is 4.91 Å². The highest BCUT2D eigenvalue weighted by molar-refractivity contribution is 8.17. The van der Waals surface area contributed by atoms with Crippen molar-refractivity contribution < 1.29 is 0 Å². The van der Waals surface area contributed by atoms with Gasteiger partial charge in [-0.05, 0) is 18.9 Å². The molecule has 1 aliphatic carbocycles. The van der Waals surface area contributed by atoms with Gasteiger partial charge in [0.2, 0.25) is 0 Å².